The Hall–Kier alpha value is -3.45. The lowest BCUT2D eigenvalue weighted by molar-refractivity contribution is 0.105. The lowest BCUT2D eigenvalue weighted by Gasteiger charge is -2.24. The number of Topliss-reactive ketones (excluding diaryl/α,β-unsaturated/α-hetero) is 1. The van der Waals surface area contributed by atoms with Crippen molar-refractivity contribution in [2.45, 2.75) is 0 Å². The molecule has 0 fully saturated rings. The first-order valence-electron chi connectivity index (χ1n) is 8.76. The molecule has 0 aliphatic heterocycles. The summed E-state index contributed by atoms with van der Waals surface area (Å²) in [6.07, 6.45) is 0. The summed E-state index contributed by atoms with van der Waals surface area (Å²) >= 11 is 0. The molecule has 0 heterocycles. The second-order valence-electron chi connectivity index (χ2n) is 6.52. The van der Waals surface area contributed by atoms with E-state index in [2.05, 4.69) is 36.4 Å². The van der Waals surface area contributed by atoms with E-state index in [-0.39, 0.29) is 5.78 Å². The van der Waals surface area contributed by atoms with Crippen molar-refractivity contribution in [3.63, 3.8) is 0 Å². The van der Waals surface area contributed by atoms with Gasteiger partial charge in [-0.05, 0) is 22.1 Å². The molecule has 5 rings (SSSR count). The first kappa shape index (κ1) is 14.9. The van der Waals surface area contributed by atoms with Crippen LogP contribution in [-0.2, 0) is 0 Å². The molecule has 0 spiro atoms. The third-order valence-electron chi connectivity index (χ3n) is 5.02. The lowest BCUT2D eigenvalue weighted by atomic mass is 9.78. The predicted octanol–water partition coefficient (Wildman–Crippen LogP) is 6.00. The summed E-state index contributed by atoms with van der Waals surface area (Å²) in [5, 5.41) is 2.16. The fourth-order valence-electron chi connectivity index (χ4n) is 3.91. The highest BCUT2D eigenvalue weighted by Gasteiger charge is 2.29. The normalized spacial score (nSPS) is 13.3. The maximum Gasteiger partial charge on any atom is 0.194 e. The molecule has 26 heavy (non-hydrogen) atoms. The zero-order valence-corrected chi connectivity index (χ0v) is 14.1. The van der Waals surface area contributed by atoms with Crippen LogP contribution in [0.2, 0.25) is 0 Å². The van der Waals surface area contributed by atoms with Gasteiger partial charge in [-0.1, -0.05) is 97.1 Å². The molecule has 0 aromatic heterocycles. The standard InChI is InChI=1S/C25H16O/c26-25-21-16-8-14-17-13-7-15-20(22(17)21)23(18-9-3-1-4-10-18)24(25)19-11-5-2-6-12-19/h1-16H. The van der Waals surface area contributed by atoms with E-state index in [0.29, 0.717) is 0 Å². The number of carbonyl (C=O) groups is 1. The highest BCUT2D eigenvalue weighted by Crippen LogP contribution is 2.43. The molecule has 0 saturated carbocycles. The minimum atomic E-state index is 0.0966. The van der Waals surface area contributed by atoms with E-state index in [4.69, 9.17) is 0 Å². The van der Waals surface area contributed by atoms with E-state index in [1.165, 1.54) is 0 Å². The minimum absolute atomic E-state index is 0.0966. The summed E-state index contributed by atoms with van der Waals surface area (Å²) in [4.78, 5) is 13.5. The molecule has 0 radical (unpaired) electrons. The number of ketones is 1. The Balaban J connectivity index is 1.95. The molecular formula is C25H16O. The van der Waals surface area contributed by atoms with Gasteiger partial charge in [0.05, 0.1) is 0 Å². The fraction of sp³-hybridized carbons (Fsp3) is 0. The van der Waals surface area contributed by atoms with Crippen LogP contribution in [-0.4, -0.2) is 5.78 Å². The predicted molar refractivity (Wildman–Crippen MR) is 107 cm³/mol. The molecule has 1 nitrogen and oxygen atoms in total. The van der Waals surface area contributed by atoms with Crippen LogP contribution in [0, 0.1) is 0 Å². The highest BCUT2D eigenvalue weighted by molar-refractivity contribution is 6.42. The number of rotatable bonds is 2. The summed E-state index contributed by atoms with van der Waals surface area (Å²) in [6, 6.07) is 32.5. The van der Waals surface area contributed by atoms with E-state index in [9.17, 15) is 4.79 Å². The van der Waals surface area contributed by atoms with Gasteiger partial charge in [0.2, 0.25) is 0 Å². The van der Waals surface area contributed by atoms with Crippen LogP contribution >= 0.6 is 0 Å². The number of hydrogen-bond donors (Lipinski definition) is 0. The molecule has 0 bridgehead atoms. The molecule has 0 N–H and O–H groups in total. The van der Waals surface area contributed by atoms with Crippen molar-refractivity contribution in [3.8, 4) is 0 Å². The molecule has 0 unspecified atom stereocenters. The summed E-state index contributed by atoms with van der Waals surface area (Å²) < 4.78 is 0. The minimum Gasteiger partial charge on any atom is -0.289 e. The largest absolute Gasteiger partial charge is 0.289 e. The van der Waals surface area contributed by atoms with E-state index in [0.717, 1.165) is 44.2 Å². The molecule has 1 aliphatic carbocycles. The summed E-state index contributed by atoms with van der Waals surface area (Å²) in [5.41, 5.74) is 5.75. The van der Waals surface area contributed by atoms with Gasteiger partial charge in [-0.2, -0.15) is 0 Å². The Kier molecular flexibility index (Phi) is 3.32. The van der Waals surface area contributed by atoms with Crippen molar-refractivity contribution in [2.24, 2.45) is 0 Å². The molecule has 4 aromatic carbocycles. The molecule has 4 aromatic rings. The molecule has 1 aliphatic rings. The summed E-state index contributed by atoms with van der Waals surface area (Å²) in [6.45, 7) is 0. The van der Waals surface area contributed by atoms with Crippen LogP contribution in [0.4, 0.5) is 0 Å². The Morgan fingerprint density at radius 3 is 1.62 bits per heavy atom. The van der Waals surface area contributed by atoms with E-state index < -0.39 is 0 Å². The van der Waals surface area contributed by atoms with Gasteiger partial charge in [-0.15, -0.1) is 0 Å². The van der Waals surface area contributed by atoms with Crippen molar-refractivity contribution < 1.29 is 4.79 Å². The SMILES string of the molecule is O=C1C(c2ccccc2)=C(c2ccccc2)c2cccc3cccc1c23. The smallest absolute Gasteiger partial charge is 0.194 e. The van der Waals surface area contributed by atoms with Crippen molar-refractivity contribution in [2.75, 3.05) is 0 Å². The third-order valence-corrected chi connectivity index (χ3v) is 5.02. The molecule has 122 valence electrons. The Morgan fingerprint density at radius 1 is 0.462 bits per heavy atom. The zero-order chi connectivity index (χ0) is 17.5. The van der Waals surface area contributed by atoms with Gasteiger partial charge < -0.3 is 0 Å². The van der Waals surface area contributed by atoms with E-state index >= 15 is 0 Å². The van der Waals surface area contributed by atoms with E-state index in [1.807, 2.05) is 60.7 Å². The second-order valence-corrected chi connectivity index (χ2v) is 6.52. The topological polar surface area (TPSA) is 17.1 Å². The highest BCUT2D eigenvalue weighted by atomic mass is 16.1. The van der Waals surface area contributed by atoms with Gasteiger partial charge in [0.1, 0.15) is 0 Å². The van der Waals surface area contributed by atoms with Crippen LogP contribution in [0.15, 0.2) is 97.1 Å². The number of allylic oxidation sites excluding steroid dienone is 1. The molecule has 0 atom stereocenters. The average molecular weight is 332 g/mol. The first-order valence-corrected chi connectivity index (χ1v) is 8.76. The molecular weight excluding hydrogens is 316 g/mol. The van der Waals surface area contributed by atoms with Crippen LogP contribution in [0.3, 0.4) is 0 Å². The monoisotopic (exact) mass is 332 g/mol. The quantitative estimate of drug-likeness (QED) is 0.440. The van der Waals surface area contributed by atoms with Crippen molar-refractivity contribution >= 4 is 27.7 Å². The number of carbonyl (C=O) groups excluding carboxylic acids is 1. The second kappa shape index (κ2) is 5.82. The van der Waals surface area contributed by atoms with Gasteiger partial charge in [-0.25, -0.2) is 0 Å². The summed E-state index contributed by atoms with van der Waals surface area (Å²) in [5.74, 6) is 0.0966. The molecule has 1 heteroatoms. The third kappa shape index (κ3) is 2.14. The fourth-order valence-corrected chi connectivity index (χ4v) is 3.91. The van der Waals surface area contributed by atoms with Crippen LogP contribution in [0.5, 0.6) is 0 Å². The zero-order valence-electron chi connectivity index (χ0n) is 14.1. The average Bonchev–Trinajstić information content (AvgIpc) is 2.71. The molecule has 0 amide bonds. The van der Waals surface area contributed by atoms with Crippen LogP contribution in [0.25, 0.3) is 21.9 Å². The first-order chi connectivity index (χ1) is 12.8. The van der Waals surface area contributed by atoms with Gasteiger partial charge >= 0.3 is 0 Å². The van der Waals surface area contributed by atoms with Crippen LogP contribution < -0.4 is 0 Å². The van der Waals surface area contributed by atoms with Gasteiger partial charge in [0.25, 0.3) is 0 Å². The Bertz CT molecular complexity index is 1160. The van der Waals surface area contributed by atoms with E-state index in [1.54, 1.807) is 0 Å². The van der Waals surface area contributed by atoms with Gasteiger partial charge in [-0.3, -0.25) is 4.79 Å². The van der Waals surface area contributed by atoms with Crippen LogP contribution in [0.1, 0.15) is 27.0 Å². The number of hydrogen-bond acceptors (Lipinski definition) is 1. The van der Waals surface area contributed by atoms with Crippen molar-refractivity contribution in [1.82, 2.24) is 0 Å². The Labute approximate surface area is 152 Å². The summed E-state index contributed by atoms with van der Waals surface area (Å²) in [7, 11) is 0. The maximum atomic E-state index is 13.5. The molecule has 0 saturated heterocycles. The van der Waals surface area contributed by atoms with Gasteiger partial charge in [0, 0.05) is 22.1 Å². The van der Waals surface area contributed by atoms with Crippen molar-refractivity contribution in [1.29, 1.82) is 0 Å². The lowest BCUT2D eigenvalue weighted by Crippen LogP contribution is -2.12. The number of benzene rings is 4. The Morgan fingerprint density at radius 2 is 1.00 bits per heavy atom. The van der Waals surface area contributed by atoms with Gasteiger partial charge in [0.15, 0.2) is 5.78 Å². The maximum absolute atomic E-state index is 13.5. The van der Waals surface area contributed by atoms with Crippen molar-refractivity contribution in [3.05, 3.63) is 119 Å².